The first kappa shape index (κ1) is 10.3. The van der Waals surface area contributed by atoms with Gasteiger partial charge in [-0.1, -0.05) is 5.16 Å². The van der Waals surface area contributed by atoms with E-state index in [-0.39, 0.29) is 5.92 Å². The number of nitrogens with zero attached hydrogens (tertiary/aromatic N) is 4. The monoisotopic (exact) mass is 232 g/mol. The van der Waals surface area contributed by atoms with Crippen molar-refractivity contribution in [2.75, 3.05) is 13.2 Å². The number of rotatable bonds is 2. The second-order valence-electron chi connectivity index (χ2n) is 4.06. The SMILES string of the molecule is Cc1cnc(-c2nc([C@@H]3CCOC3)no2)cn1. The van der Waals surface area contributed by atoms with E-state index in [4.69, 9.17) is 9.26 Å². The summed E-state index contributed by atoms with van der Waals surface area (Å²) in [6.07, 6.45) is 4.26. The average molecular weight is 232 g/mol. The maximum Gasteiger partial charge on any atom is 0.278 e. The molecule has 1 aliphatic rings. The van der Waals surface area contributed by atoms with E-state index in [1.54, 1.807) is 12.4 Å². The largest absolute Gasteiger partial charge is 0.381 e. The molecule has 3 rings (SSSR count). The lowest BCUT2D eigenvalue weighted by Gasteiger charge is -1.97. The summed E-state index contributed by atoms with van der Waals surface area (Å²) in [5.41, 5.74) is 1.46. The number of hydrogen-bond acceptors (Lipinski definition) is 6. The van der Waals surface area contributed by atoms with Crippen LogP contribution in [0.1, 0.15) is 23.9 Å². The Hall–Kier alpha value is -1.82. The molecule has 1 saturated heterocycles. The van der Waals surface area contributed by atoms with Gasteiger partial charge in [-0.2, -0.15) is 4.98 Å². The van der Waals surface area contributed by atoms with Crippen molar-refractivity contribution in [3.8, 4) is 11.6 Å². The van der Waals surface area contributed by atoms with Crippen molar-refractivity contribution in [1.29, 1.82) is 0 Å². The first-order valence-corrected chi connectivity index (χ1v) is 5.53. The van der Waals surface area contributed by atoms with Gasteiger partial charge in [-0.25, -0.2) is 4.98 Å². The lowest BCUT2D eigenvalue weighted by atomic mass is 10.1. The van der Waals surface area contributed by atoms with E-state index in [1.165, 1.54) is 0 Å². The van der Waals surface area contributed by atoms with Gasteiger partial charge in [-0.3, -0.25) is 4.98 Å². The average Bonchev–Trinajstić information content (AvgIpc) is 3.00. The predicted octanol–water partition coefficient (Wildman–Crippen LogP) is 1.34. The van der Waals surface area contributed by atoms with E-state index >= 15 is 0 Å². The van der Waals surface area contributed by atoms with E-state index in [9.17, 15) is 0 Å². The molecule has 0 radical (unpaired) electrons. The highest BCUT2D eigenvalue weighted by Crippen LogP contribution is 2.24. The maximum atomic E-state index is 5.29. The third kappa shape index (κ3) is 2.03. The van der Waals surface area contributed by atoms with Crippen molar-refractivity contribution in [2.24, 2.45) is 0 Å². The van der Waals surface area contributed by atoms with Crippen LogP contribution < -0.4 is 0 Å². The molecule has 2 aromatic heterocycles. The summed E-state index contributed by atoms with van der Waals surface area (Å²) in [5.74, 6) is 1.35. The van der Waals surface area contributed by atoms with E-state index < -0.39 is 0 Å². The van der Waals surface area contributed by atoms with Crippen LogP contribution >= 0.6 is 0 Å². The Bertz CT molecular complexity index is 502. The second-order valence-corrected chi connectivity index (χ2v) is 4.06. The minimum Gasteiger partial charge on any atom is -0.381 e. The Kier molecular flexibility index (Phi) is 2.56. The van der Waals surface area contributed by atoms with Gasteiger partial charge in [0, 0.05) is 18.7 Å². The van der Waals surface area contributed by atoms with Crippen LogP contribution in [-0.2, 0) is 4.74 Å². The van der Waals surface area contributed by atoms with Crippen molar-refractivity contribution < 1.29 is 9.26 Å². The van der Waals surface area contributed by atoms with Crippen LogP contribution in [0.25, 0.3) is 11.6 Å². The molecule has 1 fully saturated rings. The van der Waals surface area contributed by atoms with Crippen LogP contribution in [0.4, 0.5) is 0 Å². The minimum atomic E-state index is 0.242. The van der Waals surface area contributed by atoms with E-state index in [1.807, 2.05) is 6.92 Å². The van der Waals surface area contributed by atoms with Gasteiger partial charge < -0.3 is 9.26 Å². The fourth-order valence-corrected chi connectivity index (χ4v) is 1.75. The molecule has 0 unspecified atom stereocenters. The third-order valence-corrected chi connectivity index (χ3v) is 2.74. The van der Waals surface area contributed by atoms with Gasteiger partial charge in [0.2, 0.25) is 0 Å². The molecule has 17 heavy (non-hydrogen) atoms. The van der Waals surface area contributed by atoms with Gasteiger partial charge in [0.15, 0.2) is 5.82 Å². The topological polar surface area (TPSA) is 73.9 Å². The van der Waals surface area contributed by atoms with Crippen molar-refractivity contribution >= 4 is 0 Å². The maximum absolute atomic E-state index is 5.29. The van der Waals surface area contributed by atoms with Crippen LogP contribution in [0.3, 0.4) is 0 Å². The molecule has 2 aromatic rings. The standard InChI is InChI=1S/C11H12N4O2/c1-7-4-13-9(5-12-7)11-14-10(15-17-11)8-2-3-16-6-8/h4-5,8H,2-3,6H2,1H3/t8-/m1/s1. The highest BCUT2D eigenvalue weighted by Gasteiger charge is 2.23. The Balaban J connectivity index is 1.86. The molecule has 0 aromatic carbocycles. The van der Waals surface area contributed by atoms with Gasteiger partial charge in [0.25, 0.3) is 5.89 Å². The number of hydrogen-bond donors (Lipinski definition) is 0. The van der Waals surface area contributed by atoms with E-state index in [2.05, 4.69) is 20.1 Å². The van der Waals surface area contributed by atoms with E-state index in [0.717, 1.165) is 18.7 Å². The summed E-state index contributed by atoms with van der Waals surface area (Å²) in [7, 11) is 0. The van der Waals surface area contributed by atoms with Crippen LogP contribution in [0.5, 0.6) is 0 Å². The molecule has 3 heterocycles. The number of aromatic nitrogens is 4. The summed E-state index contributed by atoms with van der Waals surface area (Å²) in [5, 5.41) is 3.96. The molecule has 6 heteroatoms. The molecule has 6 nitrogen and oxygen atoms in total. The summed E-state index contributed by atoms with van der Waals surface area (Å²) < 4.78 is 10.5. The molecule has 0 spiro atoms. The zero-order valence-corrected chi connectivity index (χ0v) is 9.46. The fourth-order valence-electron chi connectivity index (χ4n) is 1.75. The van der Waals surface area contributed by atoms with Crippen molar-refractivity contribution in [2.45, 2.75) is 19.3 Å². The van der Waals surface area contributed by atoms with Gasteiger partial charge >= 0.3 is 0 Å². The summed E-state index contributed by atoms with van der Waals surface area (Å²) in [6, 6.07) is 0. The summed E-state index contributed by atoms with van der Waals surface area (Å²) in [6.45, 7) is 3.31. The summed E-state index contributed by atoms with van der Waals surface area (Å²) >= 11 is 0. The lowest BCUT2D eigenvalue weighted by Crippen LogP contribution is -1.99. The van der Waals surface area contributed by atoms with Crippen LogP contribution in [0.2, 0.25) is 0 Å². The quantitative estimate of drug-likeness (QED) is 0.777. The minimum absolute atomic E-state index is 0.242. The van der Waals surface area contributed by atoms with E-state index in [0.29, 0.717) is 24.0 Å². The Labute approximate surface area is 98.0 Å². The van der Waals surface area contributed by atoms with Crippen LogP contribution in [0.15, 0.2) is 16.9 Å². The Morgan fingerprint density at radius 3 is 2.94 bits per heavy atom. The molecule has 1 aliphatic heterocycles. The predicted molar refractivity (Wildman–Crippen MR) is 58.2 cm³/mol. The number of aryl methyl sites for hydroxylation is 1. The fraction of sp³-hybridized carbons (Fsp3) is 0.455. The molecule has 0 aliphatic carbocycles. The highest BCUT2D eigenvalue weighted by molar-refractivity contribution is 5.44. The van der Waals surface area contributed by atoms with Gasteiger partial charge in [0.1, 0.15) is 5.69 Å². The molecule has 0 N–H and O–H groups in total. The molecular weight excluding hydrogens is 220 g/mol. The van der Waals surface area contributed by atoms with Gasteiger partial charge in [-0.15, -0.1) is 0 Å². The third-order valence-electron chi connectivity index (χ3n) is 2.74. The first-order chi connectivity index (χ1) is 8.33. The zero-order valence-electron chi connectivity index (χ0n) is 9.46. The smallest absolute Gasteiger partial charge is 0.278 e. The molecule has 1 atom stereocenters. The molecular formula is C11H12N4O2. The molecule has 0 saturated carbocycles. The Morgan fingerprint density at radius 1 is 1.29 bits per heavy atom. The van der Waals surface area contributed by atoms with Gasteiger partial charge in [0.05, 0.1) is 18.5 Å². The molecule has 88 valence electrons. The second kappa shape index (κ2) is 4.21. The van der Waals surface area contributed by atoms with Crippen molar-refractivity contribution in [1.82, 2.24) is 20.1 Å². The number of ether oxygens (including phenoxy) is 1. The van der Waals surface area contributed by atoms with Crippen molar-refractivity contribution in [3.63, 3.8) is 0 Å². The van der Waals surface area contributed by atoms with Crippen LogP contribution in [-0.4, -0.2) is 33.3 Å². The normalized spacial score (nSPS) is 19.7. The van der Waals surface area contributed by atoms with Gasteiger partial charge in [-0.05, 0) is 13.3 Å². The Morgan fingerprint density at radius 2 is 2.24 bits per heavy atom. The first-order valence-electron chi connectivity index (χ1n) is 5.53. The summed E-state index contributed by atoms with van der Waals surface area (Å²) in [4.78, 5) is 12.7. The molecule has 0 bridgehead atoms. The highest BCUT2D eigenvalue weighted by atomic mass is 16.5. The van der Waals surface area contributed by atoms with Crippen molar-refractivity contribution in [3.05, 3.63) is 23.9 Å². The lowest BCUT2D eigenvalue weighted by molar-refractivity contribution is 0.192. The van der Waals surface area contributed by atoms with Crippen LogP contribution in [0, 0.1) is 6.92 Å². The molecule has 0 amide bonds. The zero-order chi connectivity index (χ0) is 11.7.